The Bertz CT molecular complexity index is 777. The second kappa shape index (κ2) is 4.98. The molecule has 0 aliphatic carbocycles. The lowest BCUT2D eigenvalue weighted by Crippen LogP contribution is -2.02. The maximum absolute atomic E-state index is 11.7. The normalized spacial score (nSPS) is 10.7. The first kappa shape index (κ1) is 12.7. The first-order valence-electron chi connectivity index (χ1n) is 6.15. The van der Waals surface area contributed by atoms with E-state index in [0.717, 1.165) is 22.3 Å². The fraction of sp³-hybridized carbons (Fsp3) is 0.0667. The van der Waals surface area contributed by atoms with Crippen LogP contribution in [0.1, 0.15) is 11.7 Å². The van der Waals surface area contributed by atoms with Crippen LogP contribution in [0.15, 0.2) is 48.8 Å². The third-order valence-electron chi connectivity index (χ3n) is 3.06. The van der Waals surface area contributed by atoms with Crippen molar-refractivity contribution in [1.82, 2.24) is 9.55 Å². The standard InChI is InChI=1S/C15H12ClN3O/c1-10(20)19-9-13(12-4-2-3-5-14(12)19)18-11-6-7-15(16)17-8-11/h2-9,18H,1H3. The van der Waals surface area contributed by atoms with Crippen molar-refractivity contribution in [3.63, 3.8) is 0 Å². The van der Waals surface area contributed by atoms with E-state index in [-0.39, 0.29) is 5.91 Å². The van der Waals surface area contributed by atoms with Crippen LogP contribution in [0.25, 0.3) is 10.9 Å². The fourth-order valence-corrected chi connectivity index (χ4v) is 2.26. The van der Waals surface area contributed by atoms with Crippen molar-refractivity contribution in [2.75, 3.05) is 5.32 Å². The molecule has 0 saturated heterocycles. The number of aromatic nitrogens is 2. The summed E-state index contributed by atoms with van der Waals surface area (Å²) in [5, 5.41) is 4.69. The molecular formula is C15H12ClN3O. The third-order valence-corrected chi connectivity index (χ3v) is 3.28. The molecule has 2 aromatic heterocycles. The molecule has 3 aromatic rings. The van der Waals surface area contributed by atoms with Crippen LogP contribution in [0.3, 0.4) is 0 Å². The molecule has 0 radical (unpaired) electrons. The van der Waals surface area contributed by atoms with Crippen molar-refractivity contribution in [1.29, 1.82) is 0 Å². The van der Waals surface area contributed by atoms with E-state index in [9.17, 15) is 4.79 Å². The molecule has 0 atom stereocenters. The molecular weight excluding hydrogens is 274 g/mol. The fourth-order valence-electron chi connectivity index (χ4n) is 2.15. The second-order valence-corrected chi connectivity index (χ2v) is 4.83. The average molecular weight is 286 g/mol. The molecule has 0 aliphatic rings. The summed E-state index contributed by atoms with van der Waals surface area (Å²) in [7, 11) is 0. The van der Waals surface area contributed by atoms with Gasteiger partial charge in [0.15, 0.2) is 0 Å². The Labute approximate surface area is 121 Å². The number of hydrogen-bond donors (Lipinski definition) is 1. The smallest absolute Gasteiger partial charge is 0.228 e. The number of rotatable bonds is 2. The van der Waals surface area contributed by atoms with Gasteiger partial charge in [-0.2, -0.15) is 0 Å². The van der Waals surface area contributed by atoms with Crippen molar-refractivity contribution < 1.29 is 4.79 Å². The molecule has 0 aliphatic heterocycles. The molecule has 100 valence electrons. The zero-order valence-corrected chi connectivity index (χ0v) is 11.6. The van der Waals surface area contributed by atoms with Crippen molar-refractivity contribution in [2.45, 2.75) is 6.92 Å². The summed E-state index contributed by atoms with van der Waals surface area (Å²) in [5.41, 5.74) is 2.56. The Kier molecular flexibility index (Phi) is 3.16. The number of halogens is 1. The summed E-state index contributed by atoms with van der Waals surface area (Å²) < 4.78 is 1.63. The largest absolute Gasteiger partial charge is 0.353 e. The third kappa shape index (κ3) is 2.26. The quantitative estimate of drug-likeness (QED) is 0.721. The van der Waals surface area contributed by atoms with E-state index in [1.54, 1.807) is 30.0 Å². The molecule has 4 nitrogen and oxygen atoms in total. The molecule has 0 fully saturated rings. The predicted molar refractivity (Wildman–Crippen MR) is 80.8 cm³/mol. The number of para-hydroxylation sites is 1. The summed E-state index contributed by atoms with van der Waals surface area (Å²) in [5.74, 6) is -0.0246. The van der Waals surface area contributed by atoms with Crippen LogP contribution in [-0.4, -0.2) is 15.5 Å². The highest BCUT2D eigenvalue weighted by Gasteiger charge is 2.10. The number of nitrogens with one attached hydrogen (secondary N) is 1. The Hall–Kier alpha value is -2.33. The van der Waals surface area contributed by atoms with E-state index < -0.39 is 0 Å². The highest BCUT2D eigenvalue weighted by atomic mass is 35.5. The molecule has 0 spiro atoms. The summed E-state index contributed by atoms with van der Waals surface area (Å²) in [4.78, 5) is 15.7. The topological polar surface area (TPSA) is 46.9 Å². The Morgan fingerprint density at radius 2 is 2.05 bits per heavy atom. The minimum Gasteiger partial charge on any atom is -0.353 e. The molecule has 2 heterocycles. The number of pyridine rings is 1. The molecule has 3 rings (SSSR count). The van der Waals surface area contributed by atoms with Crippen LogP contribution in [-0.2, 0) is 0 Å². The van der Waals surface area contributed by atoms with Gasteiger partial charge in [0, 0.05) is 18.5 Å². The van der Waals surface area contributed by atoms with Gasteiger partial charge in [-0.1, -0.05) is 29.8 Å². The highest BCUT2D eigenvalue weighted by Crippen LogP contribution is 2.28. The molecule has 1 aromatic carbocycles. The lowest BCUT2D eigenvalue weighted by atomic mass is 10.2. The summed E-state index contributed by atoms with van der Waals surface area (Å²) in [6.07, 6.45) is 3.45. The molecule has 20 heavy (non-hydrogen) atoms. The van der Waals surface area contributed by atoms with Crippen LogP contribution in [0.4, 0.5) is 11.4 Å². The van der Waals surface area contributed by atoms with Gasteiger partial charge in [0.25, 0.3) is 0 Å². The van der Waals surface area contributed by atoms with E-state index in [2.05, 4.69) is 10.3 Å². The zero-order chi connectivity index (χ0) is 14.1. The van der Waals surface area contributed by atoms with Crippen LogP contribution in [0.2, 0.25) is 5.15 Å². The van der Waals surface area contributed by atoms with Crippen LogP contribution < -0.4 is 5.32 Å². The first-order valence-corrected chi connectivity index (χ1v) is 6.52. The van der Waals surface area contributed by atoms with Crippen molar-refractivity contribution >= 4 is 39.8 Å². The molecule has 0 amide bonds. The highest BCUT2D eigenvalue weighted by molar-refractivity contribution is 6.29. The Morgan fingerprint density at radius 1 is 1.25 bits per heavy atom. The van der Waals surface area contributed by atoms with Gasteiger partial charge in [-0.3, -0.25) is 9.36 Å². The zero-order valence-electron chi connectivity index (χ0n) is 10.8. The van der Waals surface area contributed by atoms with Gasteiger partial charge in [0.1, 0.15) is 5.15 Å². The number of benzene rings is 1. The SMILES string of the molecule is CC(=O)n1cc(Nc2ccc(Cl)nc2)c2ccccc21. The van der Waals surface area contributed by atoms with E-state index in [1.165, 1.54) is 0 Å². The number of nitrogens with zero attached hydrogens (tertiary/aromatic N) is 2. The monoisotopic (exact) mass is 285 g/mol. The number of hydrogen-bond acceptors (Lipinski definition) is 3. The maximum atomic E-state index is 11.7. The Balaban J connectivity index is 2.07. The lowest BCUT2D eigenvalue weighted by Gasteiger charge is -2.03. The molecule has 0 saturated carbocycles. The van der Waals surface area contributed by atoms with Crippen molar-refractivity contribution in [2.24, 2.45) is 0 Å². The summed E-state index contributed by atoms with van der Waals surface area (Å²) in [6.45, 7) is 1.54. The van der Waals surface area contributed by atoms with Crippen LogP contribution in [0, 0.1) is 0 Å². The van der Waals surface area contributed by atoms with E-state index in [1.807, 2.05) is 30.3 Å². The number of fused-ring (bicyclic) bond motifs is 1. The van der Waals surface area contributed by atoms with Gasteiger partial charge in [0.2, 0.25) is 5.91 Å². The molecule has 5 heteroatoms. The van der Waals surface area contributed by atoms with Crippen molar-refractivity contribution in [3.05, 3.63) is 53.9 Å². The average Bonchev–Trinajstić information content (AvgIpc) is 2.81. The maximum Gasteiger partial charge on any atom is 0.228 e. The van der Waals surface area contributed by atoms with Crippen LogP contribution >= 0.6 is 11.6 Å². The Morgan fingerprint density at radius 3 is 2.75 bits per heavy atom. The number of anilines is 2. The van der Waals surface area contributed by atoms with Crippen LogP contribution in [0.5, 0.6) is 0 Å². The lowest BCUT2D eigenvalue weighted by molar-refractivity contribution is 0.0942. The molecule has 1 N–H and O–H groups in total. The van der Waals surface area contributed by atoms with Gasteiger partial charge >= 0.3 is 0 Å². The van der Waals surface area contributed by atoms with E-state index >= 15 is 0 Å². The van der Waals surface area contributed by atoms with Gasteiger partial charge in [-0.15, -0.1) is 0 Å². The number of carbonyl (C=O) groups is 1. The van der Waals surface area contributed by atoms with Gasteiger partial charge in [0.05, 0.1) is 23.1 Å². The minimum absolute atomic E-state index is 0.0246. The van der Waals surface area contributed by atoms with Crippen molar-refractivity contribution in [3.8, 4) is 0 Å². The van der Waals surface area contributed by atoms with E-state index in [4.69, 9.17) is 11.6 Å². The predicted octanol–water partition coefficient (Wildman–Crippen LogP) is 4.09. The second-order valence-electron chi connectivity index (χ2n) is 4.44. The first-order chi connectivity index (χ1) is 9.65. The summed E-state index contributed by atoms with van der Waals surface area (Å²) in [6, 6.07) is 11.3. The van der Waals surface area contributed by atoms with E-state index in [0.29, 0.717) is 5.15 Å². The molecule has 0 unspecified atom stereocenters. The number of carbonyl (C=O) groups excluding carboxylic acids is 1. The van der Waals surface area contributed by atoms with Gasteiger partial charge in [-0.25, -0.2) is 4.98 Å². The summed E-state index contributed by atoms with van der Waals surface area (Å²) >= 11 is 5.77. The van der Waals surface area contributed by atoms with Gasteiger partial charge < -0.3 is 5.32 Å². The van der Waals surface area contributed by atoms with Gasteiger partial charge in [-0.05, 0) is 18.2 Å². The molecule has 0 bridgehead atoms. The minimum atomic E-state index is -0.0246.